The first kappa shape index (κ1) is 23.5. The lowest BCUT2D eigenvalue weighted by Crippen LogP contribution is -2.41. The molecule has 0 atom stereocenters. The number of nitrogens with one attached hydrogen (secondary N) is 2. The number of aromatic nitrogens is 6. The summed E-state index contributed by atoms with van der Waals surface area (Å²) >= 11 is 1.40. The lowest BCUT2D eigenvalue weighted by Gasteiger charge is -2.31. The zero-order chi connectivity index (χ0) is 25.2. The van der Waals surface area contributed by atoms with Gasteiger partial charge in [0, 0.05) is 42.8 Å². The molecule has 0 unspecified atom stereocenters. The van der Waals surface area contributed by atoms with E-state index in [4.69, 9.17) is 0 Å². The van der Waals surface area contributed by atoms with Gasteiger partial charge in [0.1, 0.15) is 5.69 Å². The molecule has 1 fully saturated rings. The van der Waals surface area contributed by atoms with Crippen LogP contribution in [0.15, 0.2) is 36.0 Å². The van der Waals surface area contributed by atoms with E-state index >= 15 is 0 Å². The van der Waals surface area contributed by atoms with E-state index in [9.17, 15) is 14.4 Å². The molecular weight excluding hydrogens is 482 g/mol. The predicted molar refractivity (Wildman–Crippen MR) is 129 cm³/mol. The van der Waals surface area contributed by atoms with Crippen molar-refractivity contribution in [1.82, 2.24) is 45.5 Å². The highest BCUT2D eigenvalue weighted by atomic mass is 32.1. The number of pyridine rings is 1. The highest BCUT2D eigenvalue weighted by Crippen LogP contribution is 2.31. The van der Waals surface area contributed by atoms with Gasteiger partial charge in [-0.1, -0.05) is 0 Å². The minimum Gasteiger partial charge on any atom is -0.337 e. The summed E-state index contributed by atoms with van der Waals surface area (Å²) < 4.78 is 1.64. The molecule has 5 rings (SSSR count). The van der Waals surface area contributed by atoms with Crippen LogP contribution in [0.25, 0.3) is 5.65 Å². The first-order valence-corrected chi connectivity index (χ1v) is 12.2. The highest BCUT2D eigenvalue weighted by molar-refractivity contribution is 7.09. The molecule has 2 N–H and O–H groups in total. The zero-order valence-electron chi connectivity index (χ0n) is 19.6. The fourth-order valence-corrected chi connectivity index (χ4v) is 5.05. The Kier molecular flexibility index (Phi) is 6.38. The maximum atomic E-state index is 13.1. The Morgan fingerprint density at radius 3 is 2.61 bits per heavy atom. The van der Waals surface area contributed by atoms with Gasteiger partial charge in [-0.3, -0.25) is 30.2 Å². The molecule has 0 bridgehead atoms. The number of likely N-dealkylation sites (tertiary alicyclic amines) is 1. The maximum absolute atomic E-state index is 13.1. The Hall–Kier alpha value is -4.26. The second-order valence-electron chi connectivity index (χ2n) is 8.48. The van der Waals surface area contributed by atoms with Gasteiger partial charge in [0.05, 0.1) is 22.0 Å². The van der Waals surface area contributed by atoms with Crippen LogP contribution in [0, 0.1) is 13.8 Å². The van der Waals surface area contributed by atoms with E-state index in [2.05, 4.69) is 36.1 Å². The molecule has 1 aliphatic rings. The molecule has 0 aliphatic carbocycles. The summed E-state index contributed by atoms with van der Waals surface area (Å²) in [6.45, 7) is 4.77. The molecular formula is C23H23N9O3S. The monoisotopic (exact) mass is 505 g/mol. The number of carbonyl (C=O) groups is 3. The van der Waals surface area contributed by atoms with Crippen molar-refractivity contribution in [1.29, 1.82) is 0 Å². The fourth-order valence-electron chi connectivity index (χ4n) is 4.08. The molecule has 0 radical (unpaired) electrons. The van der Waals surface area contributed by atoms with Crippen molar-refractivity contribution >= 4 is 34.7 Å². The summed E-state index contributed by atoms with van der Waals surface area (Å²) in [7, 11) is 0. The third kappa shape index (κ3) is 4.64. The number of hydrogen-bond acceptors (Lipinski definition) is 9. The summed E-state index contributed by atoms with van der Waals surface area (Å²) in [5.41, 5.74) is 7.68. The van der Waals surface area contributed by atoms with Gasteiger partial charge in [-0.05, 0) is 38.8 Å². The SMILES string of the molecule is Cc1cc2nnc(C(=O)N3CCC(c4nc(C(=O)NNC(=O)c5cccnc5)cs4)CC3)c(C)n2n1. The van der Waals surface area contributed by atoms with E-state index in [1.165, 1.54) is 17.5 Å². The molecule has 4 aromatic rings. The smallest absolute Gasteiger partial charge is 0.289 e. The molecule has 1 aliphatic heterocycles. The van der Waals surface area contributed by atoms with Crippen molar-refractivity contribution < 1.29 is 14.4 Å². The third-order valence-corrected chi connectivity index (χ3v) is 7.03. The molecule has 5 heterocycles. The van der Waals surface area contributed by atoms with Crippen molar-refractivity contribution in [3.63, 3.8) is 0 Å². The lowest BCUT2D eigenvalue weighted by atomic mass is 9.97. The van der Waals surface area contributed by atoms with Gasteiger partial charge in [-0.25, -0.2) is 9.50 Å². The van der Waals surface area contributed by atoms with Crippen LogP contribution in [0.2, 0.25) is 0 Å². The summed E-state index contributed by atoms with van der Waals surface area (Å²) in [5.74, 6) is -1.00. The Morgan fingerprint density at radius 1 is 1.08 bits per heavy atom. The number of rotatable bonds is 4. The van der Waals surface area contributed by atoms with Gasteiger partial charge >= 0.3 is 0 Å². The van der Waals surface area contributed by atoms with E-state index in [1.807, 2.05) is 19.9 Å². The number of hydrogen-bond donors (Lipinski definition) is 2. The van der Waals surface area contributed by atoms with Gasteiger partial charge in [0.25, 0.3) is 17.7 Å². The fraction of sp³-hybridized carbons (Fsp3) is 0.304. The van der Waals surface area contributed by atoms with E-state index < -0.39 is 11.8 Å². The summed E-state index contributed by atoms with van der Waals surface area (Å²) in [6, 6.07) is 5.05. The number of aryl methyl sites for hydroxylation is 2. The number of carbonyl (C=O) groups excluding carboxylic acids is 3. The van der Waals surface area contributed by atoms with Crippen LogP contribution in [-0.4, -0.2) is 65.5 Å². The Balaban J connectivity index is 1.17. The Morgan fingerprint density at radius 2 is 1.86 bits per heavy atom. The molecule has 0 saturated carbocycles. The van der Waals surface area contributed by atoms with E-state index in [0.717, 1.165) is 10.7 Å². The van der Waals surface area contributed by atoms with Crippen LogP contribution >= 0.6 is 11.3 Å². The predicted octanol–water partition coefficient (Wildman–Crippen LogP) is 1.69. The molecule has 1 saturated heterocycles. The molecule has 0 spiro atoms. The number of nitrogens with zero attached hydrogens (tertiary/aromatic N) is 7. The number of fused-ring (bicyclic) bond motifs is 1. The first-order chi connectivity index (χ1) is 17.4. The first-order valence-electron chi connectivity index (χ1n) is 11.4. The maximum Gasteiger partial charge on any atom is 0.289 e. The Bertz CT molecular complexity index is 1440. The zero-order valence-corrected chi connectivity index (χ0v) is 20.4. The summed E-state index contributed by atoms with van der Waals surface area (Å²) in [5, 5.41) is 15.2. The molecule has 12 nitrogen and oxygen atoms in total. The van der Waals surface area contributed by atoms with Crippen LogP contribution in [0.4, 0.5) is 0 Å². The van der Waals surface area contributed by atoms with Crippen LogP contribution in [0.5, 0.6) is 0 Å². The average Bonchev–Trinajstić information content (AvgIpc) is 3.55. The molecule has 0 aromatic carbocycles. The van der Waals surface area contributed by atoms with Gasteiger partial charge in [0.2, 0.25) is 0 Å². The number of amides is 3. The number of piperidine rings is 1. The van der Waals surface area contributed by atoms with Gasteiger partial charge in [-0.2, -0.15) is 5.10 Å². The quantitative estimate of drug-likeness (QED) is 0.398. The minimum atomic E-state index is -0.499. The van der Waals surface area contributed by atoms with Crippen LogP contribution < -0.4 is 10.9 Å². The van der Waals surface area contributed by atoms with Crippen LogP contribution in [0.3, 0.4) is 0 Å². The van der Waals surface area contributed by atoms with Crippen molar-refractivity contribution in [2.45, 2.75) is 32.6 Å². The van der Waals surface area contributed by atoms with E-state index in [1.54, 1.807) is 33.1 Å². The van der Waals surface area contributed by atoms with E-state index in [0.29, 0.717) is 48.5 Å². The number of hydrazine groups is 1. The van der Waals surface area contributed by atoms with Crippen molar-refractivity contribution in [3.05, 3.63) is 69.3 Å². The van der Waals surface area contributed by atoms with Gasteiger partial charge in [0.15, 0.2) is 11.3 Å². The van der Waals surface area contributed by atoms with Crippen molar-refractivity contribution in [2.24, 2.45) is 0 Å². The molecule has 4 aromatic heterocycles. The lowest BCUT2D eigenvalue weighted by molar-refractivity contribution is 0.0703. The standard InChI is InChI=1S/C23H23N9O3S/c1-13-10-18-26-27-19(14(2)32(18)30-13)23(35)31-8-5-15(6-9-31)22-25-17(12-36-22)21(34)29-28-20(33)16-4-3-7-24-11-16/h3-4,7,10-12,15H,5-6,8-9H2,1-2H3,(H,28,33)(H,29,34). The van der Waals surface area contributed by atoms with Gasteiger partial charge < -0.3 is 4.90 Å². The minimum absolute atomic E-state index is 0.133. The van der Waals surface area contributed by atoms with E-state index in [-0.39, 0.29) is 17.5 Å². The second kappa shape index (κ2) is 9.77. The topological polar surface area (TPSA) is 147 Å². The number of thiazole rings is 1. The Labute approximate surface area is 209 Å². The highest BCUT2D eigenvalue weighted by Gasteiger charge is 2.29. The van der Waals surface area contributed by atoms with Gasteiger partial charge in [-0.15, -0.1) is 21.5 Å². The van der Waals surface area contributed by atoms with Crippen molar-refractivity contribution in [2.75, 3.05) is 13.1 Å². The second-order valence-corrected chi connectivity index (χ2v) is 9.37. The molecule has 13 heteroatoms. The average molecular weight is 506 g/mol. The molecule has 36 heavy (non-hydrogen) atoms. The van der Waals surface area contributed by atoms with Crippen molar-refractivity contribution in [3.8, 4) is 0 Å². The molecule has 3 amide bonds. The third-order valence-electron chi connectivity index (χ3n) is 6.03. The molecule has 184 valence electrons. The summed E-state index contributed by atoms with van der Waals surface area (Å²) in [4.78, 5) is 47.7. The van der Waals surface area contributed by atoms with Crippen LogP contribution in [-0.2, 0) is 0 Å². The summed E-state index contributed by atoms with van der Waals surface area (Å²) in [6.07, 6.45) is 4.40. The largest absolute Gasteiger partial charge is 0.337 e. The van der Waals surface area contributed by atoms with Crippen LogP contribution in [0.1, 0.15) is 66.5 Å². The normalized spacial score (nSPS) is 14.1.